The van der Waals surface area contributed by atoms with Crippen LogP contribution in [0.3, 0.4) is 0 Å². The van der Waals surface area contributed by atoms with Crippen molar-refractivity contribution in [1.82, 2.24) is 14.9 Å². The normalized spacial score (nSPS) is 17.6. The van der Waals surface area contributed by atoms with Crippen molar-refractivity contribution in [3.8, 4) is 11.5 Å². The fourth-order valence-corrected chi connectivity index (χ4v) is 6.31. The van der Waals surface area contributed by atoms with E-state index in [0.29, 0.717) is 16.9 Å². The summed E-state index contributed by atoms with van der Waals surface area (Å²) in [6.07, 6.45) is 5.01. The number of hydrogen-bond donors (Lipinski definition) is 2. The van der Waals surface area contributed by atoms with Gasteiger partial charge in [-0.2, -0.15) is 0 Å². The highest BCUT2D eigenvalue weighted by molar-refractivity contribution is 6.30. The number of carbonyl (C=O) groups is 1. The molecule has 8 heteroatoms. The lowest BCUT2D eigenvalue weighted by Crippen LogP contribution is -2.47. The first-order valence-electron chi connectivity index (χ1n) is 14.6. The molecule has 4 aromatic rings. The highest BCUT2D eigenvalue weighted by Crippen LogP contribution is 2.43. The molecule has 2 N–H and O–H groups in total. The van der Waals surface area contributed by atoms with E-state index in [4.69, 9.17) is 16.3 Å². The van der Waals surface area contributed by atoms with Gasteiger partial charge in [0.2, 0.25) is 0 Å². The second kappa shape index (κ2) is 11.5. The molecule has 218 valence electrons. The van der Waals surface area contributed by atoms with Crippen LogP contribution in [0.5, 0.6) is 11.5 Å². The molecule has 0 radical (unpaired) electrons. The van der Waals surface area contributed by atoms with Crippen LogP contribution in [-0.4, -0.2) is 58.7 Å². The molecule has 1 aliphatic carbocycles. The number of carboxylic acid groups (broad SMARTS) is 1. The number of ether oxygens (including phenoxy) is 1. The van der Waals surface area contributed by atoms with Crippen molar-refractivity contribution < 1.29 is 14.6 Å². The maximum absolute atomic E-state index is 12.0. The Morgan fingerprint density at radius 3 is 2.57 bits per heavy atom. The van der Waals surface area contributed by atoms with E-state index >= 15 is 0 Å². The molecule has 0 unspecified atom stereocenters. The Labute approximate surface area is 251 Å². The van der Waals surface area contributed by atoms with E-state index in [1.54, 1.807) is 12.3 Å². The summed E-state index contributed by atoms with van der Waals surface area (Å²) in [5.41, 5.74) is 7.46. The van der Waals surface area contributed by atoms with Crippen LogP contribution >= 0.6 is 11.6 Å². The number of piperazine rings is 1. The first kappa shape index (κ1) is 28.3. The molecule has 2 aromatic carbocycles. The Morgan fingerprint density at radius 2 is 1.83 bits per heavy atom. The number of rotatable bonds is 7. The van der Waals surface area contributed by atoms with E-state index in [2.05, 4.69) is 45.7 Å². The maximum atomic E-state index is 12.0. The quantitative estimate of drug-likeness (QED) is 0.231. The van der Waals surface area contributed by atoms with Crippen LogP contribution in [0.15, 0.2) is 66.4 Å². The van der Waals surface area contributed by atoms with Gasteiger partial charge in [-0.3, -0.25) is 4.90 Å². The molecule has 0 atom stereocenters. The lowest BCUT2D eigenvalue weighted by molar-refractivity contribution is 0.0694. The van der Waals surface area contributed by atoms with Crippen molar-refractivity contribution in [2.45, 2.75) is 40.0 Å². The molecule has 1 aliphatic heterocycles. The van der Waals surface area contributed by atoms with E-state index in [1.165, 1.54) is 23.1 Å². The van der Waals surface area contributed by atoms with Gasteiger partial charge in [-0.05, 0) is 79.1 Å². The van der Waals surface area contributed by atoms with Crippen LogP contribution in [0.1, 0.15) is 54.7 Å². The molecule has 42 heavy (non-hydrogen) atoms. The van der Waals surface area contributed by atoms with Crippen molar-refractivity contribution in [1.29, 1.82) is 0 Å². The third-order valence-electron chi connectivity index (χ3n) is 8.53. The van der Waals surface area contributed by atoms with E-state index in [-0.39, 0.29) is 5.56 Å². The second-order valence-corrected chi connectivity index (χ2v) is 12.8. The highest BCUT2D eigenvalue weighted by Gasteiger charge is 2.29. The van der Waals surface area contributed by atoms with Gasteiger partial charge in [0.05, 0.1) is 6.20 Å². The summed E-state index contributed by atoms with van der Waals surface area (Å²) in [5.74, 6) is -0.196. The van der Waals surface area contributed by atoms with Gasteiger partial charge in [0.15, 0.2) is 0 Å². The molecule has 6 rings (SSSR count). The van der Waals surface area contributed by atoms with Crippen LogP contribution in [0.25, 0.3) is 16.6 Å². The molecule has 0 spiro atoms. The van der Waals surface area contributed by atoms with Crippen molar-refractivity contribution in [2.75, 3.05) is 37.6 Å². The van der Waals surface area contributed by atoms with Gasteiger partial charge in [-0.15, -0.1) is 0 Å². The molecule has 0 bridgehead atoms. The number of fused-ring (bicyclic) bond motifs is 1. The predicted octanol–water partition coefficient (Wildman–Crippen LogP) is 7.80. The molecule has 0 amide bonds. The minimum atomic E-state index is -1.02. The van der Waals surface area contributed by atoms with Gasteiger partial charge in [0.25, 0.3) is 0 Å². The summed E-state index contributed by atoms with van der Waals surface area (Å²) in [4.78, 5) is 24.5. The number of allylic oxidation sites excluding steroid dienone is 1. The van der Waals surface area contributed by atoms with Gasteiger partial charge < -0.3 is 19.7 Å². The predicted molar refractivity (Wildman–Crippen MR) is 169 cm³/mol. The van der Waals surface area contributed by atoms with Crippen LogP contribution in [0, 0.1) is 12.3 Å². The summed E-state index contributed by atoms with van der Waals surface area (Å²) >= 11 is 6.19. The summed E-state index contributed by atoms with van der Waals surface area (Å²) in [5, 5.41) is 11.5. The van der Waals surface area contributed by atoms with Gasteiger partial charge in [0.1, 0.15) is 22.7 Å². The highest BCUT2D eigenvalue weighted by atomic mass is 35.5. The number of halogens is 1. The van der Waals surface area contributed by atoms with Crippen LogP contribution in [0.4, 0.5) is 5.69 Å². The number of aromatic nitrogens is 2. The van der Waals surface area contributed by atoms with E-state index < -0.39 is 5.97 Å². The molecule has 7 nitrogen and oxygen atoms in total. The molecular formula is C34H37ClN4O3. The van der Waals surface area contributed by atoms with Crippen LogP contribution < -0.4 is 9.64 Å². The number of pyridine rings is 1. The molecule has 2 aromatic heterocycles. The average Bonchev–Trinajstić information content (AvgIpc) is 3.34. The summed E-state index contributed by atoms with van der Waals surface area (Å²) < 4.78 is 6.11. The lowest BCUT2D eigenvalue weighted by Gasteiger charge is -2.39. The number of nitrogens with zero attached hydrogens (tertiary/aromatic N) is 3. The Hall–Kier alpha value is -3.81. The second-order valence-electron chi connectivity index (χ2n) is 12.3. The number of benzene rings is 2. The SMILES string of the molecule is Cc1cc2cc(Oc3cc(N4CCN(CC5=C(c6ccc(Cl)cc6)CC(C)(C)CC5)CC4)ccc3C(=O)O)cnc2[nH]1. The number of H-pyrrole nitrogens is 1. The molecule has 2 aliphatic rings. The van der Waals surface area contributed by atoms with Gasteiger partial charge in [-0.25, -0.2) is 9.78 Å². The number of aromatic amines is 1. The Bertz CT molecular complexity index is 1650. The summed E-state index contributed by atoms with van der Waals surface area (Å²) in [6, 6.07) is 17.5. The number of anilines is 1. The zero-order chi connectivity index (χ0) is 29.4. The first-order valence-corrected chi connectivity index (χ1v) is 15.0. The van der Waals surface area contributed by atoms with Crippen molar-refractivity contribution in [3.05, 3.63) is 88.2 Å². The fraction of sp³-hybridized carbons (Fsp3) is 0.353. The molecule has 0 saturated carbocycles. The van der Waals surface area contributed by atoms with Crippen molar-refractivity contribution in [3.63, 3.8) is 0 Å². The van der Waals surface area contributed by atoms with Crippen LogP contribution in [-0.2, 0) is 0 Å². The minimum absolute atomic E-state index is 0.129. The average molecular weight is 585 g/mol. The van der Waals surface area contributed by atoms with Crippen LogP contribution in [0.2, 0.25) is 5.02 Å². The van der Waals surface area contributed by atoms with Crippen molar-refractivity contribution in [2.24, 2.45) is 5.41 Å². The molecular weight excluding hydrogens is 548 g/mol. The Morgan fingerprint density at radius 1 is 1.07 bits per heavy atom. The number of aryl methyl sites for hydroxylation is 1. The first-order chi connectivity index (χ1) is 20.1. The standard InChI is InChI=1S/C34H37ClN4O3/c1-22-16-25-17-28(20-36-32(25)37-22)42-31-18-27(8-9-29(31)33(40)41)39-14-12-38(13-15-39)21-24-10-11-34(2,3)19-30(24)23-4-6-26(35)7-5-23/h4-9,16-18,20H,10-15,19,21H2,1-3H3,(H,36,37)(H,40,41). The number of nitrogens with one attached hydrogen (secondary N) is 1. The van der Waals surface area contributed by atoms with Gasteiger partial charge in [-0.1, -0.05) is 43.2 Å². The van der Waals surface area contributed by atoms with E-state index in [9.17, 15) is 9.90 Å². The molecule has 1 fully saturated rings. The molecule has 1 saturated heterocycles. The molecule has 3 heterocycles. The van der Waals surface area contributed by atoms with Gasteiger partial charge in [0, 0.05) is 60.6 Å². The number of aromatic carboxylic acids is 1. The third-order valence-corrected chi connectivity index (χ3v) is 8.79. The summed E-state index contributed by atoms with van der Waals surface area (Å²) in [6.45, 7) is 11.3. The maximum Gasteiger partial charge on any atom is 0.339 e. The lowest BCUT2D eigenvalue weighted by atomic mass is 9.72. The minimum Gasteiger partial charge on any atom is -0.478 e. The summed E-state index contributed by atoms with van der Waals surface area (Å²) in [7, 11) is 0. The third kappa shape index (κ3) is 6.18. The largest absolute Gasteiger partial charge is 0.478 e. The fourth-order valence-electron chi connectivity index (χ4n) is 6.18. The Balaban J connectivity index is 1.17. The van der Waals surface area contributed by atoms with E-state index in [0.717, 1.165) is 73.0 Å². The monoisotopic (exact) mass is 584 g/mol. The zero-order valence-corrected chi connectivity index (χ0v) is 25.2. The number of carboxylic acids is 1. The van der Waals surface area contributed by atoms with E-state index in [1.807, 2.05) is 43.3 Å². The topological polar surface area (TPSA) is 81.7 Å². The van der Waals surface area contributed by atoms with Gasteiger partial charge >= 0.3 is 5.97 Å². The zero-order valence-electron chi connectivity index (χ0n) is 24.4. The Kier molecular flexibility index (Phi) is 7.73. The smallest absolute Gasteiger partial charge is 0.339 e. The van der Waals surface area contributed by atoms with Crippen molar-refractivity contribution >= 4 is 39.9 Å². The number of hydrogen-bond acceptors (Lipinski definition) is 5.